The highest BCUT2D eigenvalue weighted by Gasteiger charge is 2.32. The molecule has 5 rings (SSSR count). The fraction of sp³-hybridized carbons (Fsp3) is 0.297. The quantitative estimate of drug-likeness (QED) is 0.110. The summed E-state index contributed by atoms with van der Waals surface area (Å²) in [6.07, 6.45) is 0.689. The molecule has 0 fully saturated rings. The number of ether oxygens (including phenoxy) is 1. The molecule has 0 saturated heterocycles. The van der Waals surface area contributed by atoms with Gasteiger partial charge in [0.15, 0.2) is 0 Å². The van der Waals surface area contributed by atoms with Crippen molar-refractivity contribution in [2.24, 2.45) is 0 Å². The van der Waals surface area contributed by atoms with E-state index in [-0.39, 0.29) is 28.4 Å². The van der Waals surface area contributed by atoms with E-state index in [0.29, 0.717) is 53.4 Å². The van der Waals surface area contributed by atoms with Crippen LogP contribution in [-0.2, 0) is 23.5 Å². The summed E-state index contributed by atoms with van der Waals surface area (Å²) in [5, 5.41) is 11.7. The summed E-state index contributed by atoms with van der Waals surface area (Å²) in [5.74, 6) is -2.22. The number of thiophene rings is 1. The van der Waals surface area contributed by atoms with E-state index in [1.165, 1.54) is 24.5 Å². The predicted octanol–water partition coefficient (Wildman–Crippen LogP) is 5.61. The first-order valence-corrected chi connectivity index (χ1v) is 17.3. The molecule has 51 heavy (non-hydrogen) atoms. The number of benzene rings is 3. The van der Waals surface area contributed by atoms with Crippen LogP contribution < -0.4 is 32.5 Å². The SMILES string of the molecule is CCNC(=O)Nc1ccc(-c2sc3c(c2CNCCCOC)c(=O)n(C(C)(C)NC(=O)c2ccccc2)c(=O)n3Cc2c(F)cccc2F)cc1. The first-order valence-electron chi connectivity index (χ1n) is 16.4. The third kappa shape index (κ3) is 8.25. The zero-order valence-corrected chi connectivity index (χ0v) is 29.6. The van der Waals surface area contributed by atoms with Crippen molar-refractivity contribution in [2.45, 2.75) is 45.9 Å². The molecule has 0 radical (unpaired) electrons. The van der Waals surface area contributed by atoms with E-state index in [0.717, 1.165) is 28.0 Å². The monoisotopic (exact) mass is 718 g/mol. The number of anilines is 1. The lowest BCUT2D eigenvalue weighted by Crippen LogP contribution is -2.57. The van der Waals surface area contributed by atoms with E-state index in [1.54, 1.807) is 68.6 Å². The average molecular weight is 719 g/mol. The number of amides is 3. The van der Waals surface area contributed by atoms with E-state index < -0.39 is 41.0 Å². The number of hydrogen-bond donors (Lipinski definition) is 4. The number of carbonyl (C=O) groups excluding carboxylic acids is 2. The van der Waals surface area contributed by atoms with Crippen molar-refractivity contribution in [2.75, 3.05) is 32.1 Å². The second kappa shape index (κ2) is 16.2. The number of nitrogens with one attached hydrogen (secondary N) is 4. The van der Waals surface area contributed by atoms with Gasteiger partial charge in [-0.25, -0.2) is 22.9 Å². The van der Waals surface area contributed by atoms with Crippen molar-refractivity contribution in [1.82, 2.24) is 25.1 Å². The van der Waals surface area contributed by atoms with Crippen LogP contribution in [0.3, 0.4) is 0 Å². The maximum Gasteiger partial charge on any atom is 0.334 e. The van der Waals surface area contributed by atoms with Crippen LogP contribution in [0.2, 0.25) is 0 Å². The summed E-state index contributed by atoms with van der Waals surface area (Å²) in [6.45, 7) is 6.05. The Morgan fingerprint density at radius 1 is 0.922 bits per heavy atom. The molecule has 0 unspecified atom stereocenters. The molecule has 11 nitrogen and oxygen atoms in total. The van der Waals surface area contributed by atoms with Gasteiger partial charge in [-0.2, -0.15) is 0 Å². The number of aromatic nitrogens is 2. The van der Waals surface area contributed by atoms with Gasteiger partial charge in [-0.3, -0.25) is 14.2 Å². The van der Waals surface area contributed by atoms with Gasteiger partial charge >= 0.3 is 11.7 Å². The average Bonchev–Trinajstić information content (AvgIpc) is 3.47. The lowest BCUT2D eigenvalue weighted by atomic mass is 10.1. The molecule has 0 atom stereocenters. The van der Waals surface area contributed by atoms with E-state index in [4.69, 9.17) is 4.74 Å². The van der Waals surface area contributed by atoms with Crippen LogP contribution in [-0.4, -0.2) is 47.9 Å². The number of rotatable bonds is 14. The summed E-state index contributed by atoms with van der Waals surface area (Å²) in [5.41, 5.74) is -1.37. The first-order chi connectivity index (χ1) is 24.5. The highest BCUT2D eigenvalue weighted by Crippen LogP contribution is 2.38. The van der Waals surface area contributed by atoms with E-state index >= 15 is 8.78 Å². The van der Waals surface area contributed by atoms with Crippen LogP contribution >= 0.6 is 11.3 Å². The third-order valence-electron chi connectivity index (χ3n) is 8.21. The standard InChI is InChI=1S/C37H40F2N6O5S/c1-5-41-35(48)42-25-17-15-23(16-18-25)31-26(21-40-19-10-20-50-4)30-33(47)45(37(2,3)43-32(46)24-11-7-6-8-12-24)36(49)44(34(30)51-31)22-27-28(38)13-9-14-29(27)39/h6-9,11-18,40H,5,10,19-22H2,1-4H3,(H,43,46)(H2,41,42,48). The maximum atomic E-state index is 15.1. The summed E-state index contributed by atoms with van der Waals surface area (Å²) >= 11 is 1.14. The number of nitrogens with zero attached hydrogens (tertiary/aromatic N) is 2. The normalized spacial score (nSPS) is 11.5. The van der Waals surface area contributed by atoms with Gasteiger partial charge in [-0.05, 0) is 81.3 Å². The molecule has 4 N–H and O–H groups in total. The second-order valence-electron chi connectivity index (χ2n) is 12.3. The minimum absolute atomic E-state index is 0.164. The van der Waals surface area contributed by atoms with Crippen molar-refractivity contribution in [3.63, 3.8) is 0 Å². The fourth-order valence-corrected chi connectivity index (χ4v) is 7.05. The number of halogens is 2. The minimum atomic E-state index is -1.58. The first kappa shape index (κ1) is 37.1. The predicted molar refractivity (Wildman–Crippen MR) is 195 cm³/mol. The molecule has 0 aliphatic carbocycles. The number of methoxy groups -OCH3 is 1. The Bertz CT molecular complexity index is 2130. The van der Waals surface area contributed by atoms with Gasteiger partial charge in [0.2, 0.25) is 0 Å². The van der Waals surface area contributed by atoms with Crippen LogP contribution in [0.4, 0.5) is 19.3 Å². The molecule has 0 aliphatic heterocycles. The zero-order chi connectivity index (χ0) is 36.7. The second-order valence-corrected chi connectivity index (χ2v) is 13.3. The number of hydrogen-bond acceptors (Lipinski definition) is 7. The molecule has 3 amide bonds. The van der Waals surface area contributed by atoms with Crippen molar-refractivity contribution in [3.8, 4) is 10.4 Å². The van der Waals surface area contributed by atoms with E-state index in [9.17, 15) is 19.2 Å². The topological polar surface area (TPSA) is 135 Å². The van der Waals surface area contributed by atoms with Gasteiger partial charge in [-0.15, -0.1) is 11.3 Å². The number of carbonyl (C=O) groups is 2. The Kier molecular flexibility index (Phi) is 11.8. The molecule has 268 valence electrons. The van der Waals surface area contributed by atoms with Crippen molar-refractivity contribution in [3.05, 3.63) is 122 Å². The van der Waals surface area contributed by atoms with E-state index in [1.807, 2.05) is 0 Å². The summed E-state index contributed by atoms with van der Waals surface area (Å²) in [7, 11) is 1.60. The third-order valence-corrected chi connectivity index (χ3v) is 9.52. The molecular formula is C37H40F2N6O5S. The van der Waals surface area contributed by atoms with Crippen LogP contribution in [0, 0.1) is 11.6 Å². The highest BCUT2D eigenvalue weighted by molar-refractivity contribution is 7.22. The van der Waals surface area contributed by atoms with Gasteiger partial charge in [0.25, 0.3) is 11.5 Å². The smallest absolute Gasteiger partial charge is 0.334 e. The van der Waals surface area contributed by atoms with Crippen LogP contribution in [0.1, 0.15) is 48.7 Å². The Morgan fingerprint density at radius 2 is 1.61 bits per heavy atom. The van der Waals surface area contributed by atoms with Crippen molar-refractivity contribution >= 4 is 39.2 Å². The minimum Gasteiger partial charge on any atom is -0.385 e. The fourth-order valence-electron chi connectivity index (χ4n) is 5.74. The lowest BCUT2D eigenvalue weighted by Gasteiger charge is -2.29. The maximum absolute atomic E-state index is 15.1. The Morgan fingerprint density at radius 3 is 2.25 bits per heavy atom. The van der Waals surface area contributed by atoms with Gasteiger partial charge in [0.1, 0.15) is 22.1 Å². The van der Waals surface area contributed by atoms with Gasteiger partial charge in [-0.1, -0.05) is 36.4 Å². The molecule has 3 aromatic carbocycles. The molecule has 2 heterocycles. The highest BCUT2D eigenvalue weighted by atomic mass is 32.1. The van der Waals surface area contributed by atoms with Gasteiger partial charge in [0.05, 0.1) is 11.9 Å². The number of urea groups is 1. The van der Waals surface area contributed by atoms with Gasteiger partial charge < -0.3 is 26.0 Å². The Labute approximate surface area is 297 Å². The molecule has 0 saturated carbocycles. The van der Waals surface area contributed by atoms with Crippen LogP contribution in [0.5, 0.6) is 0 Å². The largest absolute Gasteiger partial charge is 0.385 e. The lowest BCUT2D eigenvalue weighted by molar-refractivity contribution is 0.0866. The molecule has 0 bridgehead atoms. The molecule has 0 spiro atoms. The van der Waals surface area contributed by atoms with Crippen LogP contribution in [0.25, 0.3) is 20.7 Å². The van der Waals surface area contributed by atoms with E-state index in [2.05, 4.69) is 21.3 Å². The zero-order valence-electron chi connectivity index (χ0n) is 28.8. The Balaban J connectivity index is 1.74. The van der Waals surface area contributed by atoms with Gasteiger partial charge in [0, 0.05) is 48.5 Å². The molecular weight excluding hydrogens is 679 g/mol. The summed E-state index contributed by atoms with van der Waals surface area (Å²) in [4.78, 5) is 55.4. The van der Waals surface area contributed by atoms with Crippen molar-refractivity contribution < 1.29 is 23.1 Å². The van der Waals surface area contributed by atoms with Crippen molar-refractivity contribution in [1.29, 1.82) is 0 Å². The van der Waals surface area contributed by atoms with Crippen LogP contribution in [0.15, 0.2) is 82.4 Å². The summed E-state index contributed by atoms with van der Waals surface area (Å²) in [6, 6.07) is 18.4. The summed E-state index contributed by atoms with van der Waals surface area (Å²) < 4.78 is 37.5. The number of fused-ring (bicyclic) bond motifs is 1. The molecule has 2 aromatic heterocycles. The molecule has 5 aromatic rings. The molecule has 14 heteroatoms. The Hall–Kier alpha value is -5.18. The molecule has 0 aliphatic rings.